The normalized spacial score (nSPS) is 15.4. The smallest absolute Gasteiger partial charge is 0.335 e. The summed E-state index contributed by atoms with van der Waals surface area (Å²) < 4.78 is 5.56. The van der Waals surface area contributed by atoms with Crippen LogP contribution in [0, 0.1) is 0 Å². The number of ether oxygens (including phenoxy) is 1. The largest absolute Gasteiger partial charge is 0.488 e. The number of fused-ring (bicyclic) bond motifs is 1. The molecule has 4 heteroatoms. The Kier molecular flexibility index (Phi) is 3.28. The Morgan fingerprint density at radius 3 is 2.52 bits per heavy atom. The van der Waals surface area contributed by atoms with E-state index < -0.39 is 5.97 Å². The van der Waals surface area contributed by atoms with E-state index in [1.54, 1.807) is 36.4 Å². The number of rotatable bonds is 2. The highest BCUT2D eigenvalue weighted by Crippen LogP contribution is 2.27. The van der Waals surface area contributed by atoms with Crippen molar-refractivity contribution in [2.45, 2.75) is 0 Å². The second-order valence-corrected chi connectivity index (χ2v) is 4.71. The van der Waals surface area contributed by atoms with E-state index >= 15 is 0 Å². The number of benzene rings is 2. The van der Waals surface area contributed by atoms with Gasteiger partial charge in [0.05, 0.1) is 11.1 Å². The molecule has 0 amide bonds. The van der Waals surface area contributed by atoms with Crippen molar-refractivity contribution in [1.29, 1.82) is 0 Å². The zero-order valence-corrected chi connectivity index (χ0v) is 11.1. The highest BCUT2D eigenvalue weighted by molar-refractivity contribution is 6.14. The monoisotopic (exact) mass is 280 g/mol. The first-order chi connectivity index (χ1) is 10.1. The summed E-state index contributed by atoms with van der Waals surface area (Å²) in [5, 5.41) is 8.86. The molecule has 1 aliphatic rings. The van der Waals surface area contributed by atoms with Gasteiger partial charge in [0.25, 0.3) is 0 Å². The highest BCUT2D eigenvalue weighted by Gasteiger charge is 2.22. The number of aromatic carboxylic acids is 1. The Labute approximate surface area is 121 Å². The van der Waals surface area contributed by atoms with Gasteiger partial charge >= 0.3 is 5.97 Å². The van der Waals surface area contributed by atoms with Crippen LogP contribution in [0.15, 0.2) is 54.1 Å². The first-order valence-corrected chi connectivity index (χ1v) is 6.45. The Morgan fingerprint density at radius 1 is 1.10 bits per heavy atom. The number of hydrogen-bond donors (Lipinski definition) is 1. The van der Waals surface area contributed by atoms with Gasteiger partial charge in [0.15, 0.2) is 5.78 Å². The summed E-state index contributed by atoms with van der Waals surface area (Å²) in [6, 6.07) is 13.5. The van der Waals surface area contributed by atoms with Crippen LogP contribution in [0.4, 0.5) is 0 Å². The summed E-state index contributed by atoms with van der Waals surface area (Å²) in [5.74, 6) is -0.430. The highest BCUT2D eigenvalue weighted by atomic mass is 16.5. The molecule has 0 aliphatic carbocycles. The van der Waals surface area contributed by atoms with Gasteiger partial charge in [-0.2, -0.15) is 0 Å². The van der Waals surface area contributed by atoms with Gasteiger partial charge in [-0.15, -0.1) is 0 Å². The molecule has 1 N–H and O–H groups in total. The molecule has 0 unspecified atom stereocenters. The molecular weight excluding hydrogens is 268 g/mol. The zero-order valence-electron chi connectivity index (χ0n) is 11.1. The van der Waals surface area contributed by atoms with Gasteiger partial charge in [-0.3, -0.25) is 4.79 Å². The zero-order chi connectivity index (χ0) is 14.8. The minimum absolute atomic E-state index is 0.0563. The predicted molar refractivity (Wildman–Crippen MR) is 77.6 cm³/mol. The molecule has 21 heavy (non-hydrogen) atoms. The number of ketones is 1. The Hall–Kier alpha value is -2.88. The maximum Gasteiger partial charge on any atom is 0.335 e. The summed E-state index contributed by atoms with van der Waals surface area (Å²) in [5.41, 5.74) is 2.09. The molecule has 2 aromatic rings. The first kappa shape index (κ1) is 13.1. The van der Waals surface area contributed by atoms with Gasteiger partial charge in [0.2, 0.25) is 0 Å². The minimum Gasteiger partial charge on any atom is -0.488 e. The van der Waals surface area contributed by atoms with E-state index in [9.17, 15) is 9.59 Å². The molecule has 0 atom stereocenters. The first-order valence-electron chi connectivity index (χ1n) is 6.45. The molecule has 0 aromatic heterocycles. The lowest BCUT2D eigenvalue weighted by Crippen LogP contribution is -2.18. The van der Waals surface area contributed by atoms with Crippen molar-refractivity contribution in [3.05, 3.63) is 70.8 Å². The number of carboxylic acid groups (broad SMARTS) is 1. The van der Waals surface area contributed by atoms with E-state index in [1.807, 2.05) is 6.07 Å². The van der Waals surface area contributed by atoms with Crippen molar-refractivity contribution in [3.8, 4) is 5.75 Å². The molecule has 0 radical (unpaired) electrons. The van der Waals surface area contributed by atoms with Crippen molar-refractivity contribution in [2.75, 3.05) is 6.61 Å². The van der Waals surface area contributed by atoms with Crippen LogP contribution in [0.2, 0.25) is 0 Å². The molecule has 0 saturated carbocycles. The van der Waals surface area contributed by atoms with Gasteiger partial charge in [-0.25, -0.2) is 4.79 Å². The average Bonchev–Trinajstić information content (AvgIpc) is 2.51. The molecule has 0 fully saturated rings. The van der Waals surface area contributed by atoms with Gasteiger partial charge < -0.3 is 9.84 Å². The molecule has 2 aromatic carbocycles. The summed E-state index contributed by atoms with van der Waals surface area (Å²) in [7, 11) is 0. The van der Waals surface area contributed by atoms with Crippen LogP contribution in [0.5, 0.6) is 5.75 Å². The fourth-order valence-electron chi connectivity index (χ4n) is 2.20. The minimum atomic E-state index is -0.972. The van der Waals surface area contributed by atoms with Gasteiger partial charge in [-0.1, -0.05) is 24.3 Å². The van der Waals surface area contributed by atoms with Crippen molar-refractivity contribution in [2.24, 2.45) is 0 Å². The third-order valence-electron chi connectivity index (χ3n) is 3.31. The van der Waals surface area contributed by atoms with Crippen molar-refractivity contribution >= 4 is 17.8 Å². The quantitative estimate of drug-likeness (QED) is 0.859. The number of Topliss-reactive ketones (excluding diaryl/α,β-unsaturated/α-hetero) is 1. The lowest BCUT2D eigenvalue weighted by Gasteiger charge is -2.18. The number of carboxylic acids is 1. The van der Waals surface area contributed by atoms with E-state index in [-0.39, 0.29) is 18.0 Å². The average molecular weight is 280 g/mol. The van der Waals surface area contributed by atoms with Crippen LogP contribution in [0.25, 0.3) is 6.08 Å². The molecular formula is C17H12O4. The van der Waals surface area contributed by atoms with Crippen LogP contribution in [0.3, 0.4) is 0 Å². The second kappa shape index (κ2) is 5.25. The van der Waals surface area contributed by atoms with E-state index in [2.05, 4.69) is 0 Å². The lowest BCUT2D eigenvalue weighted by molar-refractivity contribution is 0.0696. The van der Waals surface area contributed by atoms with Gasteiger partial charge in [0.1, 0.15) is 12.4 Å². The molecule has 0 saturated heterocycles. The van der Waals surface area contributed by atoms with Crippen molar-refractivity contribution < 1.29 is 19.4 Å². The maximum absolute atomic E-state index is 12.4. The van der Waals surface area contributed by atoms with E-state index in [0.717, 1.165) is 5.56 Å². The van der Waals surface area contributed by atoms with Gasteiger partial charge in [-0.05, 0) is 35.9 Å². The predicted octanol–water partition coefficient (Wildman–Crippen LogP) is 3.04. The Morgan fingerprint density at radius 2 is 1.81 bits per heavy atom. The van der Waals surface area contributed by atoms with Crippen LogP contribution >= 0.6 is 0 Å². The lowest BCUT2D eigenvalue weighted by atomic mass is 9.98. The Balaban J connectivity index is 1.91. The van der Waals surface area contributed by atoms with E-state index in [0.29, 0.717) is 16.9 Å². The molecule has 1 aliphatic heterocycles. The molecule has 3 rings (SSSR count). The number of carbonyl (C=O) groups excluding carboxylic acids is 1. The second-order valence-electron chi connectivity index (χ2n) is 4.71. The molecule has 1 heterocycles. The summed E-state index contributed by atoms with van der Waals surface area (Å²) in [6.07, 6.45) is 1.73. The SMILES string of the molecule is O=C(O)c1ccc(/C=C2/COc3ccccc3C2=O)cc1. The van der Waals surface area contributed by atoms with Crippen LogP contribution < -0.4 is 4.74 Å². The maximum atomic E-state index is 12.4. The molecule has 104 valence electrons. The number of para-hydroxylation sites is 1. The fourth-order valence-corrected chi connectivity index (χ4v) is 2.20. The third-order valence-corrected chi connectivity index (χ3v) is 3.31. The topological polar surface area (TPSA) is 63.6 Å². The summed E-state index contributed by atoms with van der Waals surface area (Å²) in [6.45, 7) is 0.219. The van der Waals surface area contributed by atoms with Crippen LogP contribution in [-0.4, -0.2) is 23.5 Å². The fraction of sp³-hybridized carbons (Fsp3) is 0.0588. The molecule has 4 nitrogen and oxygen atoms in total. The Bertz CT molecular complexity index is 742. The van der Waals surface area contributed by atoms with Crippen LogP contribution in [-0.2, 0) is 0 Å². The number of carbonyl (C=O) groups is 2. The number of hydrogen-bond acceptors (Lipinski definition) is 3. The molecule has 0 bridgehead atoms. The van der Waals surface area contributed by atoms with E-state index in [4.69, 9.17) is 9.84 Å². The third kappa shape index (κ3) is 2.56. The van der Waals surface area contributed by atoms with Crippen molar-refractivity contribution in [3.63, 3.8) is 0 Å². The molecule has 0 spiro atoms. The van der Waals surface area contributed by atoms with Crippen molar-refractivity contribution in [1.82, 2.24) is 0 Å². The summed E-state index contributed by atoms with van der Waals surface area (Å²) >= 11 is 0. The standard InChI is InChI=1S/C17H12O4/c18-16-13(10-21-15-4-2-1-3-14(15)16)9-11-5-7-12(8-6-11)17(19)20/h1-9H,10H2,(H,19,20)/b13-9-. The van der Waals surface area contributed by atoms with E-state index in [1.165, 1.54) is 12.1 Å². The summed E-state index contributed by atoms with van der Waals surface area (Å²) in [4.78, 5) is 23.2. The van der Waals surface area contributed by atoms with Gasteiger partial charge in [0, 0.05) is 5.57 Å². The van der Waals surface area contributed by atoms with Crippen LogP contribution in [0.1, 0.15) is 26.3 Å².